The van der Waals surface area contributed by atoms with Crippen molar-refractivity contribution in [2.45, 2.75) is 65.2 Å². The van der Waals surface area contributed by atoms with Crippen LogP contribution in [0.5, 0.6) is 0 Å². The Kier molecular flexibility index (Phi) is 10.3. The number of carbonyl (C=O) groups excluding carboxylic acids is 3. The largest absolute Gasteiger partial charge is 0.341 e. The third kappa shape index (κ3) is 16.6. The van der Waals surface area contributed by atoms with Crippen molar-refractivity contribution in [3.05, 3.63) is 0 Å². The van der Waals surface area contributed by atoms with Gasteiger partial charge in [0, 0.05) is 18.5 Å². The normalized spacial score (nSPS) is 12.2. The Labute approximate surface area is 172 Å². The smallest absolute Gasteiger partial charge is 0.317 e. The summed E-state index contributed by atoms with van der Waals surface area (Å²) in [5.41, 5.74) is 0. The van der Waals surface area contributed by atoms with E-state index < -0.39 is 48.6 Å². The number of carbonyl (C=O) groups is 3. The summed E-state index contributed by atoms with van der Waals surface area (Å²) in [6.45, 7) is 19.2. The topological polar surface area (TPSA) is 123 Å². The molecule has 0 aromatic rings. The van der Waals surface area contributed by atoms with Crippen molar-refractivity contribution in [1.82, 2.24) is 31.9 Å². The van der Waals surface area contributed by atoms with Gasteiger partial charge >= 0.3 is 18.1 Å². The fourth-order valence-corrected chi connectivity index (χ4v) is 3.76. The second-order valence-electron chi connectivity index (χ2n) is 10.6. The van der Waals surface area contributed by atoms with E-state index in [2.05, 4.69) is 90.8 Å². The summed E-state index contributed by atoms with van der Waals surface area (Å²) in [6.07, 6.45) is 0.754. The van der Waals surface area contributed by atoms with Gasteiger partial charge in [-0.25, -0.2) is 14.4 Å². The van der Waals surface area contributed by atoms with Crippen LogP contribution in [0.15, 0.2) is 0 Å². The number of hydrogen-bond donors (Lipinski definition) is 6. The molecule has 12 heteroatoms. The lowest BCUT2D eigenvalue weighted by Gasteiger charge is -2.25. The average molecular weight is 449 g/mol. The van der Waals surface area contributed by atoms with Gasteiger partial charge in [0.2, 0.25) is 0 Å². The average Bonchev–Trinajstić information content (AvgIpc) is 2.47. The second kappa shape index (κ2) is 10.9. The zero-order valence-electron chi connectivity index (χ0n) is 18.9. The van der Waals surface area contributed by atoms with E-state index in [1.54, 1.807) is 0 Å². The Balaban J connectivity index is 4.83. The van der Waals surface area contributed by atoms with Gasteiger partial charge in [0.15, 0.2) is 6.29 Å². The zero-order chi connectivity index (χ0) is 22.2. The predicted molar refractivity (Wildman–Crippen MR) is 123 cm³/mol. The monoisotopic (exact) mass is 448 g/mol. The Hall–Kier alpha value is -1.54. The van der Waals surface area contributed by atoms with E-state index in [4.69, 9.17) is 0 Å². The maximum atomic E-state index is 12.2. The van der Waals surface area contributed by atoms with E-state index in [-0.39, 0.29) is 0 Å². The first kappa shape index (κ1) is 26.5. The van der Waals surface area contributed by atoms with Gasteiger partial charge in [-0.2, -0.15) is 0 Å². The van der Waals surface area contributed by atoms with Crippen molar-refractivity contribution < 1.29 is 14.4 Å². The molecule has 0 aromatic carbocycles. The van der Waals surface area contributed by atoms with E-state index in [0.717, 1.165) is 0 Å². The maximum absolute atomic E-state index is 12.2. The number of amides is 6. The molecule has 0 spiro atoms. The number of urea groups is 3. The molecule has 0 radical (unpaired) electrons. The summed E-state index contributed by atoms with van der Waals surface area (Å²) in [7, 11) is -4.39. The number of nitrogens with one attached hydrogen (secondary N) is 6. The van der Waals surface area contributed by atoms with Crippen LogP contribution in [-0.2, 0) is 0 Å². The molecule has 0 saturated heterocycles. The maximum Gasteiger partial charge on any atom is 0.317 e. The lowest BCUT2D eigenvalue weighted by molar-refractivity contribution is 0.215. The molecule has 6 amide bonds. The van der Waals surface area contributed by atoms with E-state index in [9.17, 15) is 14.4 Å². The van der Waals surface area contributed by atoms with E-state index in [1.165, 1.54) is 0 Å². The predicted octanol–water partition coefficient (Wildman–Crippen LogP) is 1.80. The molecule has 0 rings (SSSR count). The second-order valence-corrected chi connectivity index (χ2v) is 27.0. The van der Waals surface area contributed by atoms with Crippen molar-refractivity contribution >= 4 is 42.3 Å². The van der Waals surface area contributed by atoms with Crippen LogP contribution in [0, 0.1) is 0 Å². The third-order valence-corrected chi connectivity index (χ3v) is 6.88. The summed E-state index contributed by atoms with van der Waals surface area (Å²) in [6, 6.07) is -1.32. The Morgan fingerprint density at radius 1 is 0.536 bits per heavy atom. The van der Waals surface area contributed by atoms with E-state index >= 15 is 0 Å². The summed E-state index contributed by atoms with van der Waals surface area (Å²) in [5.74, 6) is 0. The molecule has 0 fully saturated rings. The number of hydrogen-bond acceptors (Lipinski definition) is 3. The highest BCUT2D eigenvalue weighted by molar-refractivity contribution is 6.77. The van der Waals surface area contributed by atoms with Crippen LogP contribution in [0.1, 0.15) is 0 Å². The zero-order valence-corrected chi connectivity index (χ0v) is 21.9. The van der Waals surface area contributed by atoms with Crippen LogP contribution in [0.4, 0.5) is 14.4 Å². The Morgan fingerprint density at radius 3 is 0.929 bits per heavy atom. The highest BCUT2D eigenvalue weighted by Crippen LogP contribution is 1.98. The first-order valence-corrected chi connectivity index (χ1v) is 20.7. The molecular weight excluding hydrogens is 408 g/mol. The molecule has 0 atom stereocenters. The summed E-state index contributed by atoms with van der Waals surface area (Å²) in [5, 5.41) is 16.2. The summed E-state index contributed by atoms with van der Waals surface area (Å²) < 4.78 is 0. The Morgan fingerprint density at radius 2 is 0.750 bits per heavy atom. The van der Waals surface area contributed by atoms with Crippen molar-refractivity contribution in [2.75, 3.05) is 18.5 Å². The molecule has 0 aromatic heterocycles. The fourth-order valence-electron chi connectivity index (χ4n) is 1.69. The fraction of sp³-hybridized carbons (Fsp3) is 0.812. The molecule has 6 N–H and O–H groups in total. The first-order valence-electron chi connectivity index (χ1n) is 9.60. The molecule has 0 unspecified atom stereocenters. The van der Waals surface area contributed by atoms with Crippen molar-refractivity contribution in [3.8, 4) is 0 Å². The minimum absolute atomic E-state index is 0.441. The molecule has 0 saturated carbocycles. The molecular formula is C16H40N6O3Si3. The van der Waals surface area contributed by atoms with Gasteiger partial charge in [-0.1, -0.05) is 58.9 Å². The molecule has 0 aliphatic rings. The van der Waals surface area contributed by atoms with Crippen molar-refractivity contribution in [2.24, 2.45) is 0 Å². The van der Waals surface area contributed by atoms with Gasteiger partial charge in [-0.15, -0.1) is 0 Å². The first-order chi connectivity index (χ1) is 12.5. The van der Waals surface area contributed by atoms with E-state index in [1.807, 2.05) is 0 Å². The molecule has 0 aliphatic heterocycles. The highest BCUT2D eigenvalue weighted by atomic mass is 28.3. The molecule has 0 aliphatic carbocycles. The van der Waals surface area contributed by atoms with Gasteiger partial charge in [-0.05, 0) is 0 Å². The van der Waals surface area contributed by atoms with Gasteiger partial charge < -0.3 is 31.9 Å². The molecule has 164 valence electrons. The van der Waals surface area contributed by atoms with Crippen LogP contribution >= 0.6 is 0 Å². The number of rotatable bonds is 9. The van der Waals surface area contributed by atoms with Gasteiger partial charge in [0.25, 0.3) is 0 Å². The third-order valence-electron chi connectivity index (χ3n) is 3.16. The standard InChI is InChI=1S/C16H40N6O3Si3/c1-26(2,3)10-17-14(23)20-13(21-15(24)18-11-27(4,5)6)22-16(25)19-12-28(7,8)9/h13H,10-12H2,1-9H3,(H2,17,20,23)(H2,18,21,24)(H2,19,22,25). The van der Waals surface area contributed by atoms with Gasteiger partial charge in [-0.3, -0.25) is 0 Å². The van der Waals surface area contributed by atoms with Crippen LogP contribution in [0.25, 0.3) is 0 Å². The minimum Gasteiger partial charge on any atom is -0.341 e. The van der Waals surface area contributed by atoms with Crippen LogP contribution in [0.3, 0.4) is 0 Å². The lowest BCUT2D eigenvalue weighted by Crippen LogP contribution is -2.64. The molecule has 9 nitrogen and oxygen atoms in total. The van der Waals surface area contributed by atoms with Gasteiger partial charge in [0.1, 0.15) is 0 Å². The van der Waals surface area contributed by atoms with Crippen molar-refractivity contribution in [3.63, 3.8) is 0 Å². The summed E-state index contributed by atoms with van der Waals surface area (Å²) in [4.78, 5) is 36.5. The molecule has 0 heterocycles. The summed E-state index contributed by atoms with van der Waals surface area (Å²) >= 11 is 0. The Bertz CT molecular complexity index is 465. The molecule has 28 heavy (non-hydrogen) atoms. The van der Waals surface area contributed by atoms with Crippen molar-refractivity contribution in [1.29, 1.82) is 0 Å². The van der Waals surface area contributed by atoms with Crippen LogP contribution in [0.2, 0.25) is 58.9 Å². The lowest BCUT2D eigenvalue weighted by atomic mass is 10.7. The van der Waals surface area contributed by atoms with E-state index in [0.29, 0.717) is 18.5 Å². The quantitative estimate of drug-likeness (QED) is 0.238. The van der Waals surface area contributed by atoms with Crippen LogP contribution in [-0.4, -0.2) is 67.1 Å². The SMILES string of the molecule is C[Si](C)(C)CNC(=O)NC(NC(=O)NC[Si](C)(C)C)NC(=O)NC[Si](C)(C)C. The highest BCUT2D eigenvalue weighted by Gasteiger charge is 2.22. The molecule has 0 bridgehead atoms. The minimum atomic E-state index is -1.46. The van der Waals surface area contributed by atoms with Crippen LogP contribution < -0.4 is 31.9 Å². The van der Waals surface area contributed by atoms with Gasteiger partial charge in [0.05, 0.1) is 24.2 Å².